The van der Waals surface area contributed by atoms with Gasteiger partial charge in [-0.15, -0.1) is 12.4 Å². The van der Waals surface area contributed by atoms with E-state index in [0.717, 1.165) is 12.1 Å². The molecule has 0 saturated heterocycles. The first-order valence-electron chi connectivity index (χ1n) is 4.73. The molecule has 0 aromatic heterocycles. The smallest absolute Gasteiger partial charge is 0.338 e. The van der Waals surface area contributed by atoms with Crippen molar-refractivity contribution in [3.05, 3.63) is 29.8 Å². The van der Waals surface area contributed by atoms with Crippen LogP contribution in [0.2, 0.25) is 0 Å². The van der Waals surface area contributed by atoms with Gasteiger partial charge in [0.2, 0.25) is 0 Å². The van der Waals surface area contributed by atoms with Crippen molar-refractivity contribution in [2.24, 2.45) is 0 Å². The van der Waals surface area contributed by atoms with Crippen molar-refractivity contribution in [1.29, 1.82) is 0 Å². The molecule has 4 heteroatoms. The summed E-state index contributed by atoms with van der Waals surface area (Å²) in [6, 6.07) is 7.25. The first-order valence-corrected chi connectivity index (χ1v) is 4.73. The Kier molecular flexibility index (Phi) is 6.54. The first-order chi connectivity index (χ1) is 6.77. The Morgan fingerprint density at radius 2 is 2.20 bits per heavy atom. The second-order valence-electron chi connectivity index (χ2n) is 2.97. The number of carbonyl (C=O) groups is 1. The average molecular weight is 230 g/mol. The van der Waals surface area contributed by atoms with Crippen LogP contribution in [0, 0.1) is 0 Å². The molecular weight excluding hydrogens is 214 g/mol. The normalized spacial score (nSPS) is 8.93. The van der Waals surface area contributed by atoms with Crippen molar-refractivity contribution in [3.8, 4) is 0 Å². The molecule has 0 aliphatic heterocycles. The van der Waals surface area contributed by atoms with Gasteiger partial charge in [-0.2, -0.15) is 0 Å². The highest BCUT2D eigenvalue weighted by molar-refractivity contribution is 5.90. The number of nitrogens with one attached hydrogen (secondary N) is 1. The molecule has 0 fully saturated rings. The SMILES string of the molecule is CCCOC(=O)c1cccc(NC)c1.Cl. The van der Waals surface area contributed by atoms with Crippen molar-refractivity contribution >= 4 is 24.1 Å². The summed E-state index contributed by atoms with van der Waals surface area (Å²) in [6.45, 7) is 2.44. The van der Waals surface area contributed by atoms with E-state index in [9.17, 15) is 4.79 Å². The Balaban J connectivity index is 0.00000196. The Labute approximate surface area is 96.2 Å². The van der Waals surface area contributed by atoms with Crippen molar-refractivity contribution in [1.82, 2.24) is 0 Å². The molecule has 1 N–H and O–H groups in total. The van der Waals surface area contributed by atoms with E-state index >= 15 is 0 Å². The number of hydrogen-bond donors (Lipinski definition) is 1. The number of benzene rings is 1. The number of carbonyl (C=O) groups excluding carboxylic acids is 1. The number of esters is 1. The highest BCUT2D eigenvalue weighted by Gasteiger charge is 2.05. The van der Waals surface area contributed by atoms with Gasteiger partial charge in [0, 0.05) is 12.7 Å². The van der Waals surface area contributed by atoms with Crippen LogP contribution >= 0.6 is 12.4 Å². The number of anilines is 1. The Morgan fingerprint density at radius 3 is 2.80 bits per heavy atom. The number of ether oxygens (including phenoxy) is 1. The molecule has 0 radical (unpaired) electrons. The molecule has 84 valence electrons. The van der Waals surface area contributed by atoms with E-state index in [2.05, 4.69) is 5.32 Å². The molecule has 0 atom stereocenters. The van der Waals surface area contributed by atoms with Gasteiger partial charge < -0.3 is 10.1 Å². The Morgan fingerprint density at radius 1 is 1.47 bits per heavy atom. The zero-order chi connectivity index (χ0) is 10.4. The summed E-state index contributed by atoms with van der Waals surface area (Å²) in [7, 11) is 1.82. The zero-order valence-corrected chi connectivity index (χ0v) is 9.76. The van der Waals surface area contributed by atoms with Gasteiger partial charge in [-0.1, -0.05) is 13.0 Å². The van der Waals surface area contributed by atoms with Crippen molar-refractivity contribution in [2.75, 3.05) is 19.0 Å². The van der Waals surface area contributed by atoms with Crippen molar-refractivity contribution in [2.45, 2.75) is 13.3 Å². The highest BCUT2D eigenvalue weighted by Crippen LogP contribution is 2.10. The lowest BCUT2D eigenvalue weighted by atomic mass is 10.2. The maximum atomic E-state index is 11.4. The summed E-state index contributed by atoms with van der Waals surface area (Å²) >= 11 is 0. The van der Waals surface area contributed by atoms with E-state index < -0.39 is 0 Å². The molecule has 0 spiro atoms. The minimum absolute atomic E-state index is 0. The summed E-state index contributed by atoms with van der Waals surface area (Å²) in [5.74, 6) is -0.260. The summed E-state index contributed by atoms with van der Waals surface area (Å²) in [5.41, 5.74) is 1.50. The summed E-state index contributed by atoms with van der Waals surface area (Å²) in [4.78, 5) is 11.4. The van der Waals surface area contributed by atoms with Gasteiger partial charge in [-0.05, 0) is 24.6 Å². The molecule has 0 heterocycles. The van der Waals surface area contributed by atoms with Gasteiger partial charge in [0.05, 0.1) is 12.2 Å². The maximum absolute atomic E-state index is 11.4. The third-order valence-electron chi connectivity index (χ3n) is 1.82. The Bertz CT molecular complexity index is 315. The van der Waals surface area contributed by atoms with E-state index in [1.54, 1.807) is 12.1 Å². The molecule has 0 amide bonds. The predicted octanol–water partition coefficient (Wildman–Crippen LogP) is 2.72. The van der Waals surface area contributed by atoms with Gasteiger partial charge in [-0.3, -0.25) is 0 Å². The molecule has 0 aliphatic rings. The zero-order valence-electron chi connectivity index (χ0n) is 8.95. The summed E-state index contributed by atoms with van der Waals surface area (Å²) in [6.07, 6.45) is 0.845. The Hall–Kier alpha value is -1.22. The van der Waals surface area contributed by atoms with E-state index in [1.807, 2.05) is 26.1 Å². The molecule has 15 heavy (non-hydrogen) atoms. The largest absolute Gasteiger partial charge is 0.462 e. The van der Waals surface area contributed by atoms with Gasteiger partial charge in [-0.25, -0.2) is 4.79 Å². The third kappa shape index (κ3) is 4.21. The van der Waals surface area contributed by atoms with E-state index in [0.29, 0.717) is 12.2 Å². The molecule has 3 nitrogen and oxygen atoms in total. The highest BCUT2D eigenvalue weighted by atomic mass is 35.5. The molecule has 1 rings (SSSR count). The van der Waals surface area contributed by atoms with Gasteiger partial charge >= 0.3 is 5.97 Å². The molecular formula is C11H16ClNO2. The average Bonchev–Trinajstić information content (AvgIpc) is 2.26. The molecule has 0 unspecified atom stereocenters. The quantitative estimate of drug-likeness (QED) is 0.807. The molecule has 0 aliphatic carbocycles. The molecule has 1 aromatic carbocycles. The van der Waals surface area contributed by atoms with Crippen LogP contribution in [0.25, 0.3) is 0 Å². The van der Waals surface area contributed by atoms with Crippen LogP contribution < -0.4 is 5.32 Å². The number of hydrogen-bond acceptors (Lipinski definition) is 3. The van der Waals surface area contributed by atoms with E-state index in [4.69, 9.17) is 4.74 Å². The van der Waals surface area contributed by atoms with Crippen LogP contribution in [0.1, 0.15) is 23.7 Å². The minimum Gasteiger partial charge on any atom is -0.462 e. The summed E-state index contributed by atoms with van der Waals surface area (Å²) < 4.78 is 5.01. The maximum Gasteiger partial charge on any atom is 0.338 e. The van der Waals surface area contributed by atoms with Gasteiger partial charge in [0.1, 0.15) is 0 Å². The predicted molar refractivity (Wildman–Crippen MR) is 63.8 cm³/mol. The third-order valence-corrected chi connectivity index (χ3v) is 1.82. The topological polar surface area (TPSA) is 38.3 Å². The lowest BCUT2D eigenvalue weighted by Crippen LogP contribution is -2.06. The second-order valence-corrected chi connectivity index (χ2v) is 2.97. The molecule has 0 bridgehead atoms. The first kappa shape index (κ1) is 13.8. The monoisotopic (exact) mass is 229 g/mol. The van der Waals surface area contributed by atoms with Crippen LogP contribution in [-0.2, 0) is 4.74 Å². The van der Waals surface area contributed by atoms with Crippen molar-refractivity contribution in [3.63, 3.8) is 0 Å². The van der Waals surface area contributed by atoms with E-state index in [-0.39, 0.29) is 18.4 Å². The van der Waals surface area contributed by atoms with Crippen LogP contribution in [0.5, 0.6) is 0 Å². The van der Waals surface area contributed by atoms with Crippen molar-refractivity contribution < 1.29 is 9.53 Å². The van der Waals surface area contributed by atoms with Crippen LogP contribution in [0.15, 0.2) is 24.3 Å². The van der Waals surface area contributed by atoms with Gasteiger partial charge in [0.25, 0.3) is 0 Å². The lowest BCUT2D eigenvalue weighted by Gasteiger charge is -2.04. The number of rotatable bonds is 4. The fourth-order valence-corrected chi connectivity index (χ4v) is 1.08. The van der Waals surface area contributed by atoms with Crippen LogP contribution in [0.4, 0.5) is 5.69 Å². The fourth-order valence-electron chi connectivity index (χ4n) is 1.08. The summed E-state index contributed by atoms with van der Waals surface area (Å²) in [5, 5.41) is 2.97. The number of halogens is 1. The van der Waals surface area contributed by atoms with Crippen LogP contribution in [0.3, 0.4) is 0 Å². The lowest BCUT2D eigenvalue weighted by molar-refractivity contribution is 0.0505. The van der Waals surface area contributed by atoms with E-state index in [1.165, 1.54) is 0 Å². The standard InChI is InChI=1S/C11H15NO2.ClH/c1-3-7-14-11(13)9-5-4-6-10(8-9)12-2;/h4-6,8,12H,3,7H2,1-2H3;1H. The molecule has 1 aromatic rings. The molecule has 0 saturated carbocycles. The minimum atomic E-state index is -0.260. The van der Waals surface area contributed by atoms with Gasteiger partial charge in [0.15, 0.2) is 0 Å². The fraction of sp³-hybridized carbons (Fsp3) is 0.364. The van der Waals surface area contributed by atoms with Crippen LogP contribution in [-0.4, -0.2) is 19.6 Å². The second kappa shape index (κ2) is 7.12.